The van der Waals surface area contributed by atoms with Crippen molar-refractivity contribution in [3.05, 3.63) is 61.5 Å². The molecule has 0 aliphatic carbocycles. The van der Waals surface area contributed by atoms with E-state index in [1.54, 1.807) is 7.11 Å². The van der Waals surface area contributed by atoms with Gasteiger partial charge in [0, 0.05) is 28.1 Å². The number of hydrogen-bond acceptors (Lipinski definition) is 2. The summed E-state index contributed by atoms with van der Waals surface area (Å²) in [6.07, 6.45) is 0. The Labute approximate surface area is 152 Å². The smallest absolute Gasteiger partial charge is 0.137 e. The molecule has 0 saturated heterocycles. The van der Waals surface area contributed by atoms with Crippen molar-refractivity contribution in [3.8, 4) is 5.75 Å². The second kappa shape index (κ2) is 9.01. The van der Waals surface area contributed by atoms with Crippen LogP contribution in [0.25, 0.3) is 0 Å². The zero-order valence-electron chi connectivity index (χ0n) is 11.3. The normalized spacial score (nSPS) is 10.1. The van der Waals surface area contributed by atoms with Crippen LogP contribution in [0.2, 0.25) is 5.02 Å². The fraction of sp³-hybridized carbons (Fsp3) is 0.200. The van der Waals surface area contributed by atoms with E-state index in [0.29, 0.717) is 13.1 Å². The third-order valence-electron chi connectivity index (χ3n) is 2.88. The summed E-state index contributed by atoms with van der Waals surface area (Å²) in [7, 11) is 1.67. The van der Waals surface area contributed by atoms with Crippen molar-refractivity contribution in [2.75, 3.05) is 7.11 Å². The lowest BCUT2D eigenvalue weighted by molar-refractivity contribution is 0.405. The van der Waals surface area contributed by atoms with Gasteiger partial charge in [-0.2, -0.15) is 0 Å². The van der Waals surface area contributed by atoms with E-state index >= 15 is 0 Å². The van der Waals surface area contributed by atoms with E-state index in [1.807, 2.05) is 36.4 Å². The molecule has 1 N–H and O–H groups in total. The van der Waals surface area contributed by atoms with Crippen LogP contribution in [0.3, 0.4) is 0 Å². The van der Waals surface area contributed by atoms with Crippen molar-refractivity contribution in [2.24, 2.45) is 0 Å². The van der Waals surface area contributed by atoms with Gasteiger partial charge in [-0.25, -0.2) is 0 Å². The third kappa shape index (κ3) is 5.15. The van der Waals surface area contributed by atoms with Crippen LogP contribution in [0.15, 0.2) is 45.3 Å². The molecular formula is C15H15Br2Cl2NO. The first kappa shape index (κ1) is 18.8. The Morgan fingerprint density at radius 3 is 2.43 bits per heavy atom. The SMILES string of the molecule is COc1c(Br)cc(Br)cc1CNCc1ccccc1Cl.Cl. The summed E-state index contributed by atoms with van der Waals surface area (Å²) in [5, 5.41) is 4.16. The van der Waals surface area contributed by atoms with Crippen LogP contribution in [0.1, 0.15) is 11.1 Å². The molecule has 0 amide bonds. The van der Waals surface area contributed by atoms with Gasteiger partial charge in [-0.3, -0.25) is 0 Å². The molecule has 0 fully saturated rings. The largest absolute Gasteiger partial charge is 0.495 e. The molecule has 0 bridgehead atoms. The molecule has 0 heterocycles. The molecule has 0 aromatic heterocycles. The number of nitrogens with one attached hydrogen (secondary N) is 1. The van der Waals surface area contributed by atoms with E-state index in [0.717, 1.165) is 30.8 Å². The van der Waals surface area contributed by atoms with E-state index < -0.39 is 0 Å². The van der Waals surface area contributed by atoms with Gasteiger partial charge in [0.2, 0.25) is 0 Å². The van der Waals surface area contributed by atoms with E-state index in [2.05, 4.69) is 37.2 Å². The highest BCUT2D eigenvalue weighted by atomic mass is 79.9. The first-order chi connectivity index (χ1) is 9.61. The quantitative estimate of drug-likeness (QED) is 0.635. The predicted molar refractivity (Wildman–Crippen MR) is 97.6 cm³/mol. The molecule has 0 aliphatic heterocycles. The summed E-state index contributed by atoms with van der Waals surface area (Å²) >= 11 is 13.1. The summed E-state index contributed by atoms with van der Waals surface area (Å²) in [4.78, 5) is 0. The average Bonchev–Trinajstić information content (AvgIpc) is 2.40. The number of rotatable bonds is 5. The van der Waals surface area contributed by atoms with Crippen LogP contribution in [-0.4, -0.2) is 7.11 Å². The lowest BCUT2D eigenvalue weighted by Gasteiger charge is -2.12. The Morgan fingerprint density at radius 2 is 1.76 bits per heavy atom. The maximum atomic E-state index is 6.14. The van der Waals surface area contributed by atoms with Crippen molar-refractivity contribution in [2.45, 2.75) is 13.1 Å². The molecule has 0 saturated carbocycles. The highest BCUT2D eigenvalue weighted by molar-refractivity contribution is 9.11. The number of halogens is 4. The Hall–Kier alpha value is -0.260. The van der Waals surface area contributed by atoms with Gasteiger partial charge in [0.1, 0.15) is 5.75 Å². The lowest BCUT2D eigenvalue weighted by atomic mass is 10.2. The van der Waals surface area contributed by atoms with Gasteiger partial charge in [0.25, 0.3) is 0 Å². The van der Waals surface area contributed by atoms with Crippen molar-refractivity contribution in [3.63, 3.8) is 0 Å². The molecule has 21 heavy (non-hydrogen) atoms. The van der Waals surface area contributed by atoms with Gasteiger partial charge in [-0.1, -0.05) is 45.7 Å². The number of methoxy groups -OCH3 is 1. The highest BCUT2D eigenvalue weighted by Gasteiger charge is 2.09. The second-order valence-electron chi connectivity index (χ2n) is 4.27. The van der Waals surface area contributed by atoms with Crippen molar-refractivity contribution >= 4 is 55.9 Å². The summed E-state index contributed by atoms with van der Waals surface area (Å²) < 4.78 is 7.37. The zero-order chi connectivity index (χ0) is 14.5. The van der Waals surface area contributed by atoms with Crippen molar-refractivity contribution < 1.29 is 4.74 Å². The Bertz CT molecular complexity index is 608. The second-order valence-corrected chi connectivity index (χ2v) is 6.45. The minimum atomic E-state index is 0. The first-order valence-corrected chi connectivity index (χ1v) is 8.04. The van der Waals surface area contributed by atoms with Crippen LogP contribution in [0.4, 0.5) is 0 Å². The van der Waals surface area contributed by atoms with Crippen molar-refractivity contribution in [1.82, 2.24) is 5.32 Å². The van der Waals surface area contributed by atoms with Crippen LogP contribution in [0.5, 0.6) is 5.75 Å². The molecule has 2 rings (SSSR count). The summed E-state index contributed by atoms with van der Waals surface area (Å²) in [5.74, 6) is 0.847. The monoisotopic (exact) mass is 453 g/mol. The Balaban J connectivity index is 0.00000220. The molecule has 2 aromatic rings. The van der Waals surface area contributed by atoms with Crippen LogP contribution < -0.4 is 10.1 Å². The van der Waals surface area contributed by atoms with Gasteiger partial charge in [-0.05, 0) is 39.7 Å². The van der Waals surface area contributed by atoms with Gasteiger partial charge in [0.15, 0.2) is 0 Å². The van der Waals surface area contributed by atoms with Crippen LogP contribution >= 0.6 is 55.9 Å². The molecule has 6 heteroatoms. The first-order valence-electron chi connectivity index (χ1n) is 6.08. The third-order valence-corrected chi connectivity index (χ3v) is 4.29. The summed E-state index contributed by atoms with van der Waals surface area (Å²) in [5.41, 5.74) is 2.17. The average molecular weight is 456 g/mol. The van der Waals surface area contributed by atoms with E-state index in [4.69, 9.17) is 16.3 Å². The minimum Gasteiger partial charge on any atom is -0.495 e. The molecule has 0 unspecified atom stereocenters. The van der Waals surface area contributed by atoms with E-state index in [9.17, 15) is 0 Å². The minimum absolute atomic E-state index is 0. The number of benzene rings is 2. The fourth-order valence-corrected chi connectivity index (χ4v) is 3.63. The number of ether oxygens (including phenoxy) is 1. The summed E-state index contributed by atoms with van der Waals surface area (Å²) in [6.45, 7) is 1.42. The van der Waals surface area contributed by atoms with Gasteiger partial charge in [0.05, 0.1) is 11.6 Å². The van der Waals surface area contributed by atoms with Crippen molar-refractivity contribution in [1.29, 1.82) is 0 Å². The molecule has 0 atom stereocenters. The molecule has 0 aliphatic rings. The fourth-order valence-electron chi connectivity index (χ4n) is 1.95. The molecular weight excluding hydrogens is 441 g/mol. The molecule has 0 spiro atoms. The van der Waals surface area contributed by atoms with E-state index in [1.165, 1.54) is 0 Å². The Kier molecular flexibility index (Phi) is 8.06. The molecule has 2 nitrogen and oxygen atoms in total. The van der Waals surface area contributed by atoms with E-state index in [-0.39, 0.29) is 12.4 Å². The topological polar surface area (TPSA) is 21.3 Å². The van der Waals surface area contributed by atoms with Gasteiger partial charge < -0.3 is 10.1 Å². The lowest BCUT2D eigenvalue weighted by Crippen LogP contribution is -2.13. The Morgan fingerprint density at radius 1 is 1.10 bits per heavy atom. The number of hydrogen-bond donors (Lipinski definition) is 1. The van der Waals surface area contributed by atoms with Crippen LogP contribution in [0, 0.1) is 0 Å². The van der Waals surface area contributed by atoms with Gasteiger partial charge >= 0.3 is 0 Å². The maximum Gasteiger partial charge on any atom is 0.137 e. The molecule has 0 radical (unpaired) electrons. The maximum absolute atomic E-state index is 6.14. The predicted octanol–water partition coefficient (Wildman–Crippen LogP) is 5.59. The molecule has 114 valence electrons. The highest BCUT2D eigenvalue weighted by Crippen LogP contribution is 2.32. The standard InChI is InChI=1S/C15H14Br2ClNO.ClH/c1-20-15-11(6-12(16)7-13(15)17)9-19-8-10-4-2-3-5-14(10)18;/h2-7,19H,8-9H2,1H3;1H. The van der Waals surface area contributed by atoms with Crippen LogP contribution in [-0.2, 0) is 13.1 Å². The molecule has 2 aromatic carbocycles. The summed E-state index contributed by atoms with van der Waals surface area (Å²) in [6, 6.07) is 11.8. The van der Waals surface area contributed by atoms with Gasteiger partial charge in [-0.15, -0.1) is 12.4 Å². The zero-order valence-corrected chi connectivity index (χ0v) is 16.1.